The first-order valence-corrected chi connectivity index (χ1v) is 7.31. The van der Waals surface area contributed by atoms with E-state index in [9.17, 15) is 0 Å². The average Bonchev–Trinajstić information content (AvgIpc) is 3.10. The van der Waals surface area contributed by atoms with Gasteiger partial charge in [0.2, 0.25) is 0 Å². The summed E-state index contributed by atoms with van der Waals surface area (Å²) in [5, 5.41) is 0. The average molecular weight is 287 g/mol. The van der Waals surface area contributed by atoms with Gasteiger partial charge in [0.05, 0.1) is 0 Å². The summed E-state index contributed by atoms with van der Waals surface area (Å²) in [4.78, 5) is 17.8. The molecule has 0 saturated carbocycles. The quantitative estimate of drug-likeness (QED) is 0.688. The summed E-state index contributed by atoms with van der Waals surface area (Å²) >= 11 is 0. The van der Waals surface area contributed by atoms with E-state index in [4.69, 9.17) is 0 Å². The highest BCUT2D eigenvalue weighted by Gasteiger charge is 2.44. The molecule has 5 nitrogen and oxygen atoms in total. The fourth-order valence-electron chi connectivity index (χ4n) is 3.43. The molecule has 5 heteroatoms. The Labute approximate surface area is 127 Å². The first kappa shape index (κ1) is 11.7. The smallest absolute Gasteiger partial charge is 0.178 e. The Hall–Kier alpha value is -2.95. The normalized spacial score (nSPS) is 18.1. The molecule has 1 aromatic carbocycles. The summed E-state index contributed by atoms with van der Waals surface area (Å²) in [5.41, 5.74) is 3.67. The zero-order valence-corrected chi connectivity index (χ0v) is 11.8. The number of benzene rings is 1. The Morgan fingerprint density at radius 2 is 1.55 bits per heavy atom. The van der Waals surface area contributed by atoms with Crippen LogP contribution in [0.1, 0.15) is 5.56 Å². The van der Waals surface area contributed by atoms with Crippen molar-refractivity contribution in [2.24, 2.45) is 0 Å². The molecule has 0 bridgehead atoms. The molecule has 2 aromatic heterocycles. The molecule has 2 aliphatic heterocycles. The Balaban J connectivity index is 1.73. The van der Waals surface area contributed by atoms with Crippen LogP contribution in [-0.2, 0) is 6.42 Å². The molecular weight excluding hydrogens is 274 g/mol. The third-order valence-electron chi connectivity index (χ3n) is 4.31. The molecule has 3 aromatic rings. The number of hydrogen-bond donors (Lipinski definition) is 0. The van der Waals surface area contributed by atoms with Gasteiger partial charge in [0, 0.05) is 42.6 Å². The van der Waals surface area contributed by atoms with Crippen molar-refractivity contribution in [2.45, 2.75) is 12.6 Å². The lowest BCUT2D eigenvalue weighted by atomic mass is 10.1. The predicted octanol–water partition coefficient (Wildman–Crippen LogP) is 3.04. The summed E-state index contributed by atoms with van der Waals surface area (Å²) in [5.74, 6) is 1.84. The monoisotopic (exact) mass is 287 g/mol. The van der Waals surface area contributed by atoms with Gasteiger partial charge in [-0.2, -0.15) is 0 Å². The van der Waals surface area contributed by atoms with E-state index in [1.165, 1.54) is 11.3 Å². The lowest BCUT2D eigenvalue weighted by Crippen LogP contribution is -2.36. The lowest BCUT2D eigenvalue weighted by Gasteiger charge is -2.26. The van der Waals surface area contributed by atoms with Gasteiger partial charge in [-0.3, -0.25) is 4.98 Å². The van der Waals surface area contributed by atoms with Gasteiger partial charge in [-0.15, -0.1) is 0 Å². The fourth-order valence-corrected chi connectivity index (χ4v) is 3.43. The van der Waals surface area contributed by atoms with E-state index in [0.717, 1.165) is 23.7 Å². The maximum absolute atomic E-state index is 4.58. The highest BCUT2D eigenvalue weighted by molar-refractivity contribution is 5.86. The zero-order chi connectivity index (χ0) is 14.5. The van der Waals surface area contributed by atoms with E-state index in [0.29, 0.717) is 0 Å². The Morgan fingerprint density at radius 1 is 0.818 bits per heavy atom. The maximum Gasteiger partial charge on any atom is 0.178 e. The van der Waals surface area contributed by atoms with Crippen LogP contribution in [0.4, 0.5) is 23.0 Å². The molecule has 0 saturated heterocycles. The number of para-hydroxylation sites is 1. The fraction of sp³-hybridized carbons (Fsp3) is 0.118. The van der Waals surface area contributed by atoms with Crippen molar-refractivity contribution >= 4 is 23.0 Å². The standard InChI is InChI=1S/C17H13N5/c1-2-4-14-12(3-1)11-15-21(13-5-7-18-8-6-13)16-17(22(14)15)20-10-9-19-16/h1-10,15H,11H2. The van der Waals surface area contributed by atoms with Gasteiger partial charge < -0.3 is 9.80 Å². The molecule has 1 atom stereocenters. The number of pyridine rings is 1. The maximum atomic E-state index is 4.58. The molecular formula is C17H13N5. The molecule has 2 aliphatic rings. The topological polar surface area (TPSA) is 45.2 Å². The van der Waals surface area contributed by atoms with Crippen LogP contribution in [0.15, 0.2) is 61.2 Å². The molecule has 0 spiro atoms. The minimum absolute atomic E-state index is 0.192. The van der Waals surface area contributed by atoms with Crippen LogP contribution in [-0.4, -0.2) is 21.1 Å². The van der Waals surface area contributed by atoms with Gasteiger partial charge in [0.15, 0.2) is 11.6 Å². The van der Waals surface area contributed by atoms with Gasteiger partial charge in [-0.25, -0.2) is 9.97 Å². The van der Waals surface area contributed by atoms with E-state index in [-0.39, 0.29) is 6.17 Å². The number of nitrogens with zero attached hydrogens (tertiary/aromatic N) is 5. The van der Waals surface area contributed by atoms with Crippen LogP contribution in [0.2, 0.25) is 0 Å². The molecule has 106 valence electrons. The van der Waals surface area contributed by atoms with Crippen LogP contribution in [0.25, 0.3) is 0 Å². The second kappa shape index (κ2) is 4.27. The van der Waals surface area contributed by atoms with Crippen molar-refractivity contribution in [2.75, 3.05) is 9.80 Å². The van der Waals surface area contributed by atoms with E-state index in [2.05, 4.69) is 49.0 Å². The summed E-state index contributed by atoms with van der Waals surface area (Å²) in [6.07, 6.45) is 8.29. The van der Waals surface area contributed by atoms with Gasteiger partial charge in [-0.05, 0) is 23.8 Å². The van der Waals surface area contributed by atoms with E-state index < -0.39 is 0 Å². The largest absolute Gasteiger partial charge is 0.301 e. The van der Waals surface area contributed by atoms with Crippen molar-refractivity contribution in [1.82, 2.24) is 15.0 Å². The minimum Gasteiger partial charge on any atom is -0.301 e. The van der Waals surface area contributed by atoms with Crippen LogP contribution in [0, 0.1) is 0 Å². The number of fused-ring (bicyclic) bond motifs is 5. The highest BCUT2D eigenvalue weighted by atomic mass is 15.5. The SMILES string of the molecule is c1ccc2c(c1)CC1N(c3ccncc3)c3nccnc3N21. The van der Waals surface area contributed by atoms with Gasteiger partial charge in [-0.1, -0.05) is 18.2 Å². The molecule has 1 unspecified atom stereocenters. The molecule has 4 heterocycles. The van der Waals surface area contributed by atoms with Crippen LogP contribution < -0.4 is 9.80 Å². The minimum atomic E-state index is 0.192. The molecule has 0 N–H and O–H groups in total. The molecule has 0 radical (unpaired) electrons. The molecule has 0 fully saturated rings. The lowest BCUT2D eigenvalue weighted by molar-refractivity contribution is 0.723. The molecule has 22 heavy (non-hydrogen) atoms. The summed E-state index contributed by atoms with van der Waals surface area (Å²) < 4.78 is 0. The first-order valence-electron chi connectivity index (χ1n) is 7.31. The Kier molecular flexibility index (Phi) is 2.27. The van der Waals surface area contributed by atoms with Crippen LogP contribution >= 0.6 is 0 Å². The summed E-state index contributed by atoms with van der Waals surface area (Å²) in [6.45, 7) is 0. The second-order valence-corrected chi connectivity index (χ2v) is 5.46. The van der Waals surface area contributed by atoms with Crippen molar-refractivity contribution in [1.29, 1.82) is 0 Å². The molecule has 0 amide bonds. The third-order valence-corrected chi connectivity index (χ3v) is 4.31. The number of anilines is 4. The van der Waals surface area contributed by atoms with Crippen molar-refractivity contribution in [3.63, 3.8) is 0 Å². The van der Waals surface area contributed by atoms with Crippen molar-refractivity contribution in [3.8, 4) is 0 Å². The second-order valence-electron chi connectivity index (χ2n) is 5.46. The summed E-state index contributed by atoms with van der Waals surface area (Å²) in [6, 6.07) is 12.6. The van der Waals surface area contributed by atoms with E-state index in [1.54, 1.807) is 12.4 Å². The molecule has 0 aliphatic carbocycles. The summed E-state index contributed by atoms with van der Waals surface area (Å²) in [7, 11) is 0. The highest BCUT2D eigenvalue weighted by Crippen LogP contribution is 2.50. The van der Waals surface area contributed by atoms with Crippen molar-refractivity contribution < 1.29 is 0 Å². The zero-order valence-electron chi connectivity index (χ0n) is 11.8. The Bertz CT molecular complexity index is 833. The first-order chi connectivity index (χ1) is 10.9. The van der Waals surface area contributed by atoms with Crippen LogP contribution in [0.3, 0.4) is 0 Å². The third kappa shape index (κ3) is 1.45. The number of rotatable bonds is 1. The predicted molar refractivity (Wildman–Crippen MR) is 84.5 cm³/mol. The van der Waals surface area contributed by atoms with Crippen molar-refractivity contribution in [3.05, 3.63) is 66.7 Å². The number of aromatic nitrogens is 3. The van der Waals surface area contributed by atoms with E-state index in [1.807, 2.05) is 24.5 Å². The number of hydrogen-bond acceptors (Lipinski definition) is 5. The Morgan fingerprint density at radius 3 is 2.36 bits per heavy atom. The van der Waals surface area contributed by atoms with Gasteiger partial charge >= 0.3 is 0 Å². The molecule has 5 rings (SSSR count). The van der Waals surface area contributed by atoms with Gasteiger partial charge in [0.1, 0.15) is 6.17 Å². The van der Waals surface area contributed by atoms with Gasteiger partial charge in [0.25, 0.3) is 0 Å². The van der Waals surface area contributed by atoms with Crippen LogP contribution in [0.5, 0.6) is 0 Å². The van der Waals surface area contributed by atoms with E-state index >= 15 is 0 Å².